The van der Waals surface area contributed by atoms with Crippen molar-refractivity contribution in [1.82, 2.24) is 4.90 Å². The van der Waals surface area contributed by atoms with Gasteiger partial charge in [-0.15, -0.1) is 11.8 Å². The fourth-order valence-corrected chi connectivity index (χ4v) is 3.53. The summed E-state index contributed by atoms with van der Waals surface area (Å²) in [5, 5.41) is 18.5. The molecule has 1 aromatic rings. The van der Waals surface area contributed by atoms with Crippen LogP contribution >= 0.6 is 23.4 Å². The summed E-state index contributed by atoms with van der Waals surface area (Å²) in [5.41, 5.74) is 0. The molecule has 2 atom stereocenters. The molecule has 5 nitrogen and oxygen atoms in total. The SMILES string of the molecule is O=C(O)[C@@H]1C[C@@H](Sc2ccccc2Cl)CN1C(=O)O. The molecule has 2 N–H and O–H groups in total. The zero-order chi connectivity index (χ0) is 14.0. The summed E-state index contributed by atoms with van der Waals surface area (Å²) in [5.74, 6) is -1.11. The minimum atomic E-state index is -1.20. The van der Waals surface area contributed by atoms with Gasteiger partial charge < -0.3 is 10.2 Å². The van der Waals surface area contributed by atoms with Crippen molar-refractivity contribution in [3.8, 4) is 0 Å². The average Bonchev–Trinajstić information content (AvgIpc) is 2.76. The van der Waals surface area contributed by atoms with Gasteiger partial charge in [0.25, 0.3) is 0 Å². The summed E-state index contributed by atoms with van der Waals surface area (Å²) in [6.45, 7) is 0.197. The smallest absolute Gasteiger partial charge is 0.408 e. The van der Waals surface area contributed by atoms with Crippen LogP contribution in [0.15, 0.2) is 29.2 Å². The maximum atomic E-state index is 11.0. The molecule has 7 heteroatoms. The number of hydrogen-bond acceptors (Lipinski definition) is 3. The number of halogens is 1. The van der Waals surface area contributed by atoms with E-state index in [4.69, 9.17) is 21.8 Å². The third-order valence-electron chi connectivity index (χ3n) is 2.92. The molecule has 102 valence electrons. The van der Waals surface area contributed by atoms with E-state index in [1.807, 2.05) is 18.2 Å². The third kappa shape index (κ3) is 3.13. The van der Waals surface area contributed by atoms with Crippen molar-refractivity contribution in [3.63, 3.8) is 0 Å². The Bertz CT molecular complexity index is 488. The lowest BCUT2D eigenvalue weighted by atomic mass is 10.2. The van der Waals surface area contributed by atoms with Gasteiger partial charge in [-0.2, -0.15) is 0 Å². The first-order chi connectivity index (χ1) is 8.99. The molecule has 1 fully saturated rings. The second kappa shape index (κ2) is 5.71. The van der Waals surface area contributed by atoms with Crippen molar-refractivity contribution in [2.24, 2.45) is 0 Å². The van der Waals surface area contributed by atoms with Crippen LogP contribution in [-0.2, 0) is 4.79 Å². The van der Waals surface area contributed by atoms with Crippen LogP contribution in [0.25, 0.3) is 0 Å². The maximum Gasteiger partial charge on any atom is 0.408 e. The Kier molecular flexibility index (Phi) is 4.21. The Morgan fingerprint density at radius 2 is 2.00 bits per heavy atom. The second-order valence-corrected chi connectivity index (χ2v) is 5.94. The number of rotatable bonds is 3. The first-order valence-corrected chi connectivity index (χ1v) is 6.88. The number of carboxylic acids is 1. The van der Waals surface area contributed by atoms with Crippen molar-refractivity contribution in [1.29, 1.82) is 0 Å². The van der Waals surface area contributed by atoms with Crippen molar-refractivity contribution < 1.29 is 19.8 Å². The van der Waals surface area contributed by atoms with Crippen molar-refractivity contribution >= 4 is 35.4 Å². The molecule has 1 amide bonds. The maximum absolute atomic E-state index is 11.0. The van der Waals surface area contributed by atoms with Gasteiger partial charge in [0.15, 0.2) is 0 Å². The van der Waals surface area contributed by atoms with Crippen molar-refractivity contribution in [3.05, 3.63) is 29.3 Å². The van der Waals surface area contributed by atoms with Crippen LogP contribution in [0.2, 0.25) is 5.02 Å². The molecular weight excluding hydrogens is 290 g/mol. The molecule has 0 saturated carbocycles. The predicted octanol–water partition coefficient (Wildman–Crippen LogP) is 2.64. The van der Waals surface area contributed by atoms with Crippen molar-refractivity contribution in [2.75, 3.05) is 6.54 Å². The zero-order valence-electron chi connectivity index (χ0n) is 9.82. The van der Waals surface area contributed by atoms with Crippen molar-refractivity contribution in [2.45, 2.75) is 22.6 Å². The minimum Gasteiger partial charge on any atom is -0.480 e. The highest BCUT2D eigenvalue weighted by Crippen LogP contribution is 2.36. The van der Waals surface area contributed by atoms with E-state index in [2.05, 4.69) is 0 Å². The predicted molar refractivity (Wildman–Crippen MR) is 71.9 cm³/mol. The number of benzene rings is 1. The molecule has 0 bridgehead atoms. The van der Waals surface area contributed by atoms with Gasteiger partial charge in [0.1, 0.15) is 6.04 Å². The van der Waals surface area contributed by atoms with Gasteiger partial charge in [0.2, 0.25) is 0 Å². The van der Waals surface area contributed by atoms with E-state index in [0.717, 1.165) is 9.80 Å². The fraction of sp³-hybridized carbons (Fsp3) is 0.333. The van der Waals surface area contributed by atoms with E-state index in [1.165, 1.54) is 11.8 Å². The summed E-state index contributed by atoms with van der Waals surface area (Å²) in [6.07, 6.45) is -0.910. The topological polar surface area (TPSA) is 77.8 Å². The number of thioether (sulfide) groups is 1. The molecule has 1 aliphatic heterocycles. The Balaban J connectivity index is 2.10. The standard InChI is InChI=1S/C12H12ClNO4S/c13-8-3-1-2-4-10(8)19-7-5-9(11(15)16)14(6-7)12(17)18/h1-4,7,9H,5-6H2,(H,15,16)(H,17,18)/t7-,9+/m1/s1. The lowest BCUT2D eigenvalue weighted by Gasteiger charge is -2.16. The molecule has 2 rings (SSSR count). The molecule has 1 saturated heterocycles. The summed E-state index contributed by atoms with van der Waals surface area (Å²) >= 11 is 7.45. The molecular formula is C12H12ClNO4S. The molecule has 1 aromatic carbocycles. The van der Waals surface area contributed by atoms with Crippen LogP contribution in [-0.4, -0.2) is 45.0 Å². The average molecular weight is 302 g/mol. The van der Waals surface area contributed by atoms with E-state index >= 15 is 0 Å². The minimum absolute atomic E-state index is 0.0999. The van der Waals surface area contributed by atoms with Crippen LogP contribution in [0.4, 0.5) is 4.79 Å². The van der Waals surface area contributed by atoms with E-state index in [9.17, 15) is 9.59 Å². The number of carbonyl (C=O) groups is 2. The van der Waals surface area contributed by atoms with Crippen LogP contribution < -0.4 is 0 Å². The molecule has 0 aliphatic carbocycles. The monoisotopic (exact) mass is 301 g/mol. The Labute approximate surface area is 119 Å². The lowest BCUT2D eigenvalue weighted by Crippen LogP contribution is -2.39. The summed E-state index contributed by atoms with van der Waals surface area (Å²) in [6, 6.07) is 6.27. The first-order valence-electron chi connectivity index (χ1n) is 5.62. The van der Waals surface area contributed by atoms with Gasteiger partial charge in [0, 0.05) is 16.7 Å². The number of carboxylic acid groups (broad SMARTS) is 2. The Morgan fingerprint density at radius 3 is 2.53 bits per heavy atom. The molecule has 0 unspecified atom stereocenters. The van der Waals surface area contributed by atoms with Crippen LogP contribution in [0.3, 0.4) is 0 Å². The fourth-order valence-electron chi connectivity index (χ4n) is 2.05. The highest BCUT2D eigenvalue weighted by molar-refractivity contribution is 8.00. The van der Waals surface area contributed by atoms with Gasteiger partial charge >= 0.3 is 12.1 Å². The summed E-state index contributed by atoms with van der Waals surface area (Å²) in [7, 11) is 0. The van der Waals surface area contributed by atoms with Gasteiger partial charge in [-0.05, 0) is 18.6 Å². The number of likely N-dealkylation sites (tertiary alicyclic amines) is 1. The molecule has 0 radical (unpaired) electrons. The number of amides is 1. The number of aliphatic carboxylic acids is 1. The normalized spacial score (nSPS) is 22.5. The zero-order valence-corrected chi connectivity index (χ0v) is 11.4. The third-order valence-corrected chi connectivity index (χ3v) is 4.65. The van der Waals surface area contributed by atoms with Crippen LogP contribution in [0.5, 0.6) is 0 Å². The highest BCUT2D eigenvalue weighted by Gasteiger charge is 2.40. The quantitative estimate of drug-likeness (QED) is 0.897. The first kappa shape index (κ1) is 14.0. The largest absolute Gasteiger partial charge is 0.480 e. The van der Waals surface area contributed by atoms with Crippen LogP contribution in [0.1, 0.15) is 6.42 Å². The Hall–Kier alpha value is -1.40. The van der Waals surface area contributed by atoms with Gasteiger partial charge in [-0.3, -0.25) is 4.90 Å². The molecule has 19 heavy (non-hydrogen) atoms. The number of nitrogens with zero attached hydrogens (tertiary/aromatic N) is 1. The van der Waals surface area contributed by atoms with E-state index < -0.39 is 18.1 Å². The number of hydrogen-bond donors (Lipinski definition) is 2. The van der Waals surface area contributed by atoms with E-state index in [0.29, 0.717) is 5.02 Å². The molecule has 1 heterocycles. The highest BCUT2D eigenvalue weighted by atomic mass is 35.5. The molecule has 0 spiro atoms. The summed E-state index contributed by atoms with van der Waals surface area (Å²) < 4.78 is 0. The van der Waals surface area contributed by atoms with Gasteiger partial charge in [-0.1, -0.05) is 23.7 Å². The lowest BCUT2D eigenvalue weighted by molar-refractivity contribution is -0.141. The summed E-state index contributed by atoms with van der Waals surface area (Å²) in [4.78, 5) is 23.9. The molecule has 0 aromatic heterocycles. The van der Waals surface area contributed by atoms with Gasteiger partial charge in [-0.25, -0.2) is 9.59 Å². The van der Waals surface area contributed by atoms with Crippen LogP contribution in [0, 0.1) is 0 Å². The molecule has 1 aliphatic rings. The second-order valence-electron chi connectivity index (χ2n) is 4.19. The van der Waals surface area contributed by atoms with E-state index in [-0.39, 0.29) is 18.2 Å². The van der Waals surface area contributed by atoms with E-state index in [1.54, 1.807) is 6.07 Å². The van der Waals surface area contributed by atoms with Gasteiger partial charge in [0.05, 0.1) is 5.02 Å². The Morgan fingerprint density at radius 1 is 1.32 bits per heavy atom.